The van der Waals surface area contributed by atoms with Crippen molar-refractivity contribution in [3.63, 3.8) is 0 Å². The second-order valence-electron chi connectivity index (χ2n) is 7.02. The Balaban J connectivity index is 1.38. The average molecular weight is 360 g/mol. The van der Waals surface area contributed by atoms with Crippen LogP contribution in [0.1, 0.15) is 30.4 Å². The second kappa shape index (κ2) is 7.70. The van der Waals surface area contributed by atoms with Gasteiger partial charge in [0.15, 0.2) is 0 Å². The molecule has 4 rings (SSSR count). The maximum absolute atomic E-state index is 12.6. The van der Waals surface area contributed by atoms with Crippen molar-refractivity contribution >= 4 is 22.4 Å². The number of hydrogen-bond donors (Lipinski definition) is 2. The number of rotatable bonds is 5. The highest BCUT2D eigenvalue weighted by molar-refractivity contribution is 5.93. The molecule has 4 nitrogen and oxygen atoms in total. The first-order chi connectivity index (χ1) is 13.2. The number of carbonyl (C=O) groups is 1. The van der Waals surface area contributed by atoms with Crippen LogP contribution in [0.15, 0.2) is 60.8 Å². The van der Waals surface area contributed by atoms with Crippen LogP contribution < -0.4 is 10.1 Å². The number of para-hydroxylation sites is 1. The van der Waals surface area contributed by atoms with Crippen molar-refractivity contribution in [1.82, 2.24) is 10.3 Å². The minimum atomic E-state index is 0.0459. The molecule has 138 valence electrons. The quantitative estimate of drug-likeness (QED) is 0.694. The molecule has 0 saturated heterocycles. The van der Waals surface area contributed by atoms with Crippen LogP contribution >= 0.6 is 0 Å². The van der Waals surface area contributed by atoms with Crippen molar-refractivity contribution in [2.24, 2.45) is 5.92 Å². The Morgan fingerprint density at radius 1 is 1.22 bits per heavy atom. The zero-order valence-electron chi connectivity index (χ0n) is 15.5. The monoisotopic (exact) mass is 360 g/mol. The molecule has 1 aromatic heterocycles. The van der Waals surface area contributed by atoms with Gasteiger partial charge < -0.3 is 15.0 Å². The van der Waals surface area contributed by atoms with Gasteiger partial charge in [-0.05, 0) is 48.6 Å². The highest BCUT2D eigenvalue weighted by Crippen LogP contribution is 2.34. The summed E-state index contributed by atoms with van der Waals surface area (Å²) in [5, 5.41) is 4.32. The number of hydrogen-bond acceptors (Lipinski definition) is 2. The smallest absolute Gasteiger partial charge is 0.223 e. The molecular formula is C23H24N2O2. The van der Waals surface area contributed by atoms with Gasteiger partial charge in [-0.3, -0.25) is 4.79 Å². The van der Waals surface area contributed by atoms with Gasteiger partial charge in [0.2, 0.25) is 5.91 Å². The van der Waals surface area contributed by atoms with E-state index in [4.69, 9.17) is 4.74 Å². The van der Waals surface area contributed by atoms with Crippen LogP contribution in [0.25, 0.3) is 16.5 Å². The summed E-state index contributed by atoms with van der Waals surface area (Å²) in [5.74, 6) is 0.988. The molecule has 1 aliphatic rings. The molecule has 3 aromatic rings. The highest BCUT2D eigenvalue weighted by atomic mass is 16.5. The lowest BCUT2D eigenvalue weighted by Crippen LogP contribution is -2.31. The summed E-state index contributed by atoms with van der Waals surface area (Å²) in [7, 11) is 1.65. The van der Waals surface area contributed by atoms with Crippen LogP contribution in [0.5, 0.6) is 5.75 Å². The van der Waals surface area contributed by atoms with E-state index in [0.717, 1.165) is 36.1 Å². The molecule has 2 N–H and O–H groups in total. The van der Waals surface area contributed by atoms with Crippen molar-refractivity contribution in [3.05, 3.63) is 71.9 Å². The van der Waals surface area contributed by atoms with E-state index in [1.807, 2.05) is 30.3 Å². The van der Waals surface area contributed by atoms with Crippen molar-refractivity contribution in [2.75, 3.05) is 7.11 Å². The Kier molecular flexibility index (Phi) is 4.97. The average Bonchev–Trinajstić information content (AvgIpc) is 3.16. The van der Waals surface area contributed by atoms with E-state index in [1.165, 1.54) is 16.5 Å². The van der Waals surface area contributed by atoms with E-state index in [9.17, 15) is 4.79 Å². The van der Waals surface area contributed by atoms with Crippen LogP contribution in [0.4, 0.5) is 0 Å². The molecule has 0 fully saturated rings. The van der Waals surface area contributed by atoms with Crippen molar-refractivity contribution in [1.29, 1.82) is 0 Å². The van der Waals surface area contributed by atoms with E-state index < -0.39 is 0 Å². The third-order valence-electron chi connectivity index (χ3n) is 5.32. The molecule has 1 unspecified atom stereocenters. The Morgan fingerprint density at radius 3 is 2.93 bits per heavy atom. The van der Waals surface area contributed by atoms with Gasteiger partial charge in [0.05, 0.1) is 7.11 Å². The molecule has 27 heavy (non-hydrogen) atoms. The minimum absolute atomic E-state index is 0.0459. The molecule has 0 radical (unpaired) electrons. The number of amides is 1. The summed E-state index contributed by atoms with van der Waals surface area (Å²) in [6.45, 7) is 0.533. The second-order valence-corrected chi connectivity index (χ2v) is 7.02. The number of ether oxygens (including phenoxy) is 1. The lowest BCUT2D eigenvalue weighted by molar-refractivity contribution is -0.125. The van der Waals surface area contributed by atoms with E-state index in [1.54, 1.807) is 7.11 Å². The fourth-order valence-corrected chi connectivity index (χ4v) is 3.77. The normalized spacial score (nSPS) is 16.8. The molecule has 1 amide bonds. The summed E-state index contributed by atoms with van der Waals surface area (Å²) in [6.07, 6.45) is 6.92. The number of benzene rings is 2. The number of fused-ring (bicyclic) bond motifs is 1. The lowest BCUT2D eigenvalue weighted by Gasteiger charge is -2.21. The number of allylic oxidation sites excluding steroid dienone is 2. The summed E-state index contributed by atoms with van der Waals surface area (Å²) in [5.41, 5.74) is 4.81. The molecule has 1 heterocycles. The number of H-pyrrole nitrogens is 1. The standard InChI is InChI=1S/C23H24N2O2/c1-27-19-6-4-5-16(13-19)14-25-23(26)18-11-9-17(10-12-18)21-15-24-22-8-3-2-7-20(21)22/h2-9,13,15,18,24H,10-12,14H2,1H3,(H,25,26). The molecule has 4 heteroatoms. The molecule has 1 aliphatic carbocycles. The van der Waals surface area contributed by atoms with Crippen LogP contribution in [0.2, 0.25) is 0 Å². The Bertz CT molecular complexity index is 987. The van der Waals surface area contributed by atoms with E-state index in [0.29, 0.717) is 6.54 Å². The van der Waals surface area contributed by atoms with Gasteiger partial charge in [-0.15, -0.1) is 0 Å². The van der Waals surface area contributed by atoms with E-state index in [-0.39, 0.29) is 11.8 Å². The number of carbonyl (C=O) groups excluding carboxylic acids is 1. The highest BCUT2D eigenvalue weighted by Gasteiger charge is 2.22. The van der Waals surface area contributed by atoms with Crippen molar-refractivity contribution < 1.29 is 9.53 Å². The predicted molar refractivity (Wildman–Crippen MR) is 108 cm³/mol. The summed E-state index contributed by atoms with van der Waals surface area (Å²) in [6, 6.07) is 16.2. The summed E-state index contributed by atoms with van der Waals surface area (Å²) in [4.78, 5) is 15.9. The largest absolute Gasteiger partial charge is 0.497 e. The third-order valence-corrected chi connectivity index (χ3v) is 5.32. The van der Waals surface area contributed by atoms with Gasteiger partial charge in [-0.1, -0.05) is 36.4 Å². The van der Waals surface area contributed by atoms with Gasteiger partial charge in [-0.25, -0.2) is 0 Å². The van der Waals surface area contributed by atoms with Gasteiger partial charge in [0, 0.05) is 35.1 Å². The Hall–Kier alpha value is -3.01. The van der Waals surface area contributed by atoms with Gasteiger partial charge >= 0.3 is 0 Å². The number of nitrogens with one attached hydrogen (secondary N) is 2. The van der Waals surface area contributed by atoms with Crippen LogP contribution in [0, 0.1) is 5.92 Å². The number of aromatic nitrogens is 1. The Labute approximate surface area is 159 Å². The molecule has 1 atom stereocenters. The topological polar surface area (TPSA) is 54.1 Å². The predicted octanol–water partition coefficient (Wildman–Crippen LogP) is 4.68. The van der Waals surface area contributed by atoms with Crippen molar-refractivity contribution in [3.8, 4) is 5.75 Å². The minimum Gasteiger partial charge on any atom is -0.497 e. The molecule has 0 aliphatic heterocycles. The van der Waals surface area contributed by atoms with Gasteiger partial charge in [-0.2, -0.15) is 0 Å². The number of methoxy groups -OCH3 is 1. The van der Waals surface area contributed by atoms with Crippen LogP contribution in [0.3, 0.4) is 0 Å². The first kappa shape index (κ1) is 17.4. The molecule has 0 saturated carbocycles. The third kappa shape index (κ3) is 3.75. The maximum Gasteiger partial charge on any atom is 0.223 e. The summed E-state index contributed by atoms with van der Waals surface area (Å²) >= 11 is 0. The fraction of sp³-hybridized carbons (Fsp3) is 0.261. The van der Waals surface area contributed by atoms with Gasteiger partial charge in [0.25, 0.3) is 0 Å². The first-order valence-electron chi connectivity index (χ1n) is 9.41. The molecule has 2 aromatic carbocycles. The molecule has 0 spiro atoms. The zero-order valence-corrected chi connectivity index (χ0v) is 15.5. The number of aromatic amines is 1. The molecule has 0 bridgehead atoms. The maximum atomic E-state index is 12.6. The van der Waals surface area contributed by atoms with Crippen molar-refractivity contribution in [2.45, 2.75) is 25.8 Å². The Morgan fingerprint density at radius 2 is 2.11 bits per heavy atom. The van der Waals surface area contributed by atoms with E-state index in [2.05, 4.69) is 40.8 Å². The zero-order chi connectivity index (χ0) is 18.6. The molecular weight excluding hydrogens is 336 g/mol. The van der Waals surface area contributed by atoms with Gasteiger partial charge in [0.1, 0.15) is 5.75 Å². The van der Waals surface area contributed by atoms with Crippen LogP contribution in [-0.4, -0.2) is 18.0 Å². The lowest BCUT2D eigenvalue weighted by atomic mass is 9.86. The summed E-state index contributed by atoms with van der Waals surface area (Å²) < 4.78 is 5.23. The fourth-order valence-electron chi connectivity index (χ4n) is 3.77. The van der Waals surface area contributed by atoms with Crippen LogP contribution in [-0.2, 0) is 11.3 Å². The first-order valence-corrected chi connectivity index (χ1v) is 9.41. The SMILES string of the molecule is COc1cccc(CNC(=O)C2CC=C(c3c[nH]c4ccccc34)CC2)c1. The van der Waals surface area contributed by atoms with E-state index >= 15 is 0 Å².